The van der Waals surface area contributed by atoms with Crippen molar-refractivity contribution in [3.8, 4) is 5.75 Å². The van der Waals surface area contributed by atoms with Crippen molar-refractivity contribution in [1.82, 2.24) is 10.2 Å². The van der Waals surface area contributed by atoms with Gasteiger partial charge in [-0.2, -0.15) is 0 Å². The summed E-state index contributed by atoms with van der Waals surface area (Å²) in [7, 11) is 0. The fourth-order valence-electron chi connectivity index (χ4n) is 3.28. The van der Waals surface area contributed by atoms with Gasteiger partial charge in [0.25, 0.3) is 0 Å². The van der Waals surface area contributed by atoms with Crippen molar-refractivity contribution >= 4 is 22.9 Å². The van der Waals surface area contributed by atoms with E-state index in [1.165, 1.54) is 15.3 Å². The van der Waals surface area contributed by atoms with E-state index in [2.05, 4.69) is 35.3 Å². The van der Waals surface area contributed by atoms with E-state index in [1.54, 1.807) is 0 Å². The lowest BCUT2D eigenvalue weighted by Crippen LogP contribution is -2.32. The Kier molecular flexibility index (Phi) is 6.17. The molecule has 3 rings (SSSR count). The molecule has 1 aliphatic rings. The second-order valence-electron chi connectivity index (χ2n) is 6.11. The molecule has 5 heteroatoms. The molecule has 0 aliphatic carbocycles. The average molecular weight is 365 g/mol. The fraction of sp³-hybridized carbons (Fsp3) is 0.474. The van der Waals surface area contributed by atoms with Gasteiger partial charge in [0.2, 0.25) is 0 Å². The van der Waals surface area contributed by atoms with Crippen molar-refractivity contribution in [2.45, 2.75) is 26.3 Å². The normalized spacial score (nSPS) is 17.5. The molecule has 2 heterocycles. The highest BCUT2D eigenvalue weighted by Gasteiger charge is 2.27. The smallest absolute Gasteiger partial charge is 0.124 e. The van der Waals surface area contributed by atoms with Crippen LogP contribution in [0.1, 0.15) is 34.7 Å². The van der Waals surface area contributed by atoms with Crippen LogP contribution in [-0.2, 0) is 0 Å². The highest BCUT2D eigenvalue weighted by molar-refractivity contribution is 7.12. The molecule has 1 unspecified atom stereocenters. The summed E-state index contributed by atoms with van der Waals surface area (Å²) in [5.74, 6) is 0.940. The molecule has 0 amide bonds. The maximum absolute atomic E-state index is 6.34. The molecule has 1 N–H and O–H groups in total. The Hall–Kier alpha value is -1.07. The van der Waals surface area contributed by atoms with Gasteiger partial charge in [0.15, 0.2) is 0 Å². The van der Waals surface area contributed by atoms with Gasteiger partial charge in [-0.05, 0) is 57.1 Å². The van der Waals surface area contributed by atoms with Crippen molar-refractivity contribution in [1.29, 1.82) is 0 Å². The van der Waals surface area contributed by atoms with Crippen LogP contribution in [0.5, 0.6) is 5.75 Å². The standard InChI is InChI=1S/C19H25ClN2OS/c1-3-23-17-7-6-15(20)13-16(17)19(18-8-5-14(2)24-18)22-11-4-9-21-10-12-22/h5-8,13,19,21H,3-4,9-12H2,1-2H3. The lowest BCUT2D eigenvalue weighted by molar-refractivity contribution is 0.236. The number of nitrogens with zero attached hydrogens (tertiary/aromatic N) is 1. The molecular weight excluding hydrogens is 340 g/mol. The molecular formula is C19H25ClN2OS. The van der Waals surface area contributed by atoms with Crippen molar-refractivity contribution in [3.63, 3.8) is 0 Å². The molecule has 0 saturated carbocycles. The zero-order valence-corrected chi connectivity index (χ0v) is 15.9. The highest BCUT2D eigenvalue weighted by Crippen LogP contribution is 2.39. The van der Waals surface area contributed by atoms with Crippen molar-refractivity contribution in [2.75, 3.05) is 32.8 Å². The third kappa shape index (κ3) is 4.12. The Labute approximate surface area is 153 Å². The van der Waals surface area contributed by atoms with E-state index in [0.717, 1.165) is 43.4 Å². The number of benzene rings is 1. The number of nitrogens with one attached hydrogen (secondary N) is 1. The quantitative estimate of drug-likeness (QED) is 0.845. The van der Waals surface area contributed by atoms with Crippen LogP contribution in [-0.4, -0.2) is 37.7 Å². The van der Waals surface area contributed by atoms with Crippen LogP contribution >= 0.6 is 22.9 Å². The first-order valence-electron chi connectivity index (χ1n) is 8.62. The van der Waals surface area contributed by atoms with Gasteiger partial charge in [0.05, 0.1) is 12.6 Å². The zero-order chi connectivity index (χ0) is 16.9. The molecule has 0 radical (unpaired) electrons. The second kappa shape index (κ2) is 8.34. The summed E-state index contributed by atoms with van der Waals surface area (Å²) in [5.41, 5.74) is 1.17. The summed E-state index contributed by atoms with van der Waals surface area (Å²) in [6, 6.07) is 10.6. The molecule has 1 aliphatic heterocycles. The Morgan fingerprint density at radius 1 is 1.25 bits per heavy atom. The highest BCUT2D eigenvalue weighted by atomic mass is 35.5. The third-order valence-corrected chi connectivity index (χ3v) is 5.62. The molecule has 1 aromatic carbocycles. The van der Waals surface area contributed by atoms with Gasteiger partial charge in [-0.3, -0.25) is 4.90 Å². The van der Waals surface area contributed by atoms with Crippen LogP contribution in [0, 0.1) is 6.92 Å². The van der Waals surface area contributed by atoms with Crippen molar-refractivity contribution in [2.24, 2.45) is 0 Å². The molecule has 0 spiro atoms. The van der Waals surface area contributed by atoms with Crippen LogP contribution in [0.3, 0.4) is 0 Å². The Morgan fingerprint density at radius 2 is 2.12 bits per heavy atom. The van der Waals surface area contributed by atoms with E-state index >= 15 is 0 Å². The minimum Gasteiger partial charge on any atom is -0.494 e. The van der Waals surface area contributed by atoms with E-state index in [0.29, 0.717) is 6.61 Å². The molecule has 1 atom stereocenters. The van der Waals surface area contributed by atoms with Gasteiger partial charge < -0.3 is 10.1 Å². The predicted molar refractivity (Wildman–Crippen MR) is 103 cm³/mol. The average Bonchev–Trinajstić information content (AvgIpc) is 2.82. The Morgan fingerprint density at radius 3 is 2.88 bits per heavy atom. The van der Waals surface area contributed by atoms with Crippen LogP contribution in [0.25, 0.3) is 0 Å². The lowest BCUT2D eigenvalue weighted by Gasteiger charge is -2.31. The minimum absolute atomic E-state index is 0.198. The molecule has 1 fully saturated rings. The first kappa shape index (κ1) is 17.7. The predicted octanol–water partition coefficient (Wildman–Crippen LogP) is 4.49. The summed E-state index contributed by atoms with van der Waals surface area (Å²) in [5, 5.41) is 4.26. The van der Waals surface area contributed by atoms with Gasteiger partial charge in [-0.25, -0.2) is 0 Å². The molecule has 3 nitrogen and oxygen atoms in total. The fourth-order valence-corrected chi connectivity index (χ4v) is 4.49. The van der Waals surface area contributed by atoms with Crippen molar-refractivity contribution < 1.29 is 4.74 Å². The van der Waals surface area contributed by atoms with Crippen molar-refractivity contribution in [3.05, 3.63) is 50.7 Å². The molecule has 24 heavy (non-hydrogen) atoms. The number of ether oxygens (including phenoxy) is 1. The zero-order valence-electron chi connectivity index (χ0n) is 14.3. The summed E-state index contributed by atoms with van der Waals surface area (Å²) >= 11 is 8.20. The monoisotopic (exact) mass is 364 g/mol. The SMILES string of the molecule is CCOc1ccc(Cl)cc1C(c1ccc(C)s1)N1CCCNCC1. The molecule has 1 saturated heterocycles. The summed E-state index contributed by atoms with van der Waals surface area (Å²) in [6.07, 6.45) is 1.16. The Bertz CT molecular complexity index is 665. The summed E-state index contributed by atoms with van der Waals surface area (Å²) in [6.45, 7) is 9.06. The van der Waals surface area contributed by atoms with E-state index in [1.807, 2.05) is 30.4 Å². The van der Waals surface area contributed by atoms with Crippen LogP contribution < -0.4 is 10.1 Å². The summed E-state index contributed by atoms with van der Waals surface area (Å²) < 4.78 is 5.93. The van der Waals surface area contributed by atoms with Crippen LogP contribution in [0.2, 0.25) is 5.02 Å². The van der Waals surface area contributed by atoms with E-state index in [4.69, 9.17) is 16.3 Å². The molecule has 0 bridgehead atoms. The van der Waals surface area contributed by atoms with Gasteiger partial charge in [-0.15, -0.1) is 11.3 Å². The van der Waals surface area contributed by atoms with Gasteiger partial charge >= 0.3 is 0 Å². The maximum atomic E-state index is 6.34. The third-order valence-electron chi connectivity index (χ3n) is 4.34. The number of thiophene rings is 1. The number of rotatable bonds is 5. The number of hydrogen-bond donors (Lipinski definition) is 1. The second-order valence-corrected chi connectivity index (χ2v) is 7.86. The maximum Gasteiger partial charge on any atom is 0.124 e. The Balaban J connectivity index is 2.05. The number of halogens is 1. The van der Waals surface area contributed by atoms with E-state index in [9.17, 15) is 0 Å². The van der Waals surface area contributed by atoms with Gasteiger partial charge in [0.1, 0.15) is 5.75 Å². The van der Waals surface area contributed by atoms with E-state index < -0.39 is 0 Å². The van der Waals surface area contributed by atoms with Crippen LogP contribution in [0.15, 0.2) is 30.3 Å². The number of aryl methyl sites for hydroxylation is 1. The molecule has 2 aromatic rings. The minimum atomic E-state index is 0.198. The van der Waals surface area contributed by atoms with E-state index in [-0.39, 0.29) is 6.04 Å². The molecule has 130 valence electrons. The van der Waals surface area contributed by atoms with Gasteiger partial charge in [-0.1, -0.05) is 11.6 Å². The first-order chi connectivity index (χ1) is 11.7. The van der Waals surface area contributed by atoms with Crippen LogP contribution in [0.4, 0.5) is 0 Å². The first-order valence-corrected chi connectivity index (χ1v) is 9.82. The topological polar surface area (TPSA) is 24.5 Å². The molecule has 1 aromatic heterocycles. The van der Waals surface area contributed by atoms with Gasteiger partial charge in [0, 0.05) is 40.0 Å². The number of hydrogen-bond acceptors (Lipinski definition) is 4. The summed E-state index contributed by atoms with van der Waals surface area (Å²) in [4.78, 5) is 5.25. The largest absolute Gasteiger partial charge is 0.494 e. The lowest BCUT2D eigenvalue weighted by atomic mass is 10.0.